The van der Waals surface area contributed by atoms with E-state index in [-0.39, 0.29) is 19.6 Å². The van der Waals surface area contributed by atoms with Crippen LogP contribution in [-0.4, -0.2) is 52.5 Å². The Bertz CT molecular complexity index is 246. The molecule has 4 nitrogen and oxygen atoms in total. The van der Waals surface area contributed by atoms with Gasteiger partial charge in [0.2, 0.25) is 0 Å². The first-order chi connectivity index (χ1) is 6.74. The second-order valence-electron chi connectivity index (χ2n) is 3.70. The van der Waals surface area contributed by atoms with Gasteiger partial charge < -0.3 is 10.2 Å². The molecule has 0 aromatic heterocycles. The standard InChI is InChI=1S/C8H12F3NO3/c9-8(10,11)7(15)1-3-12(4-2-7)5-6(13)14/h15H,1-5H2,(H,13,14). The van der Waals surface area contributed by atoms with E-state index in [2.05, 4.69) is 0 Å². The molecule has 15 heavy (non-hydrogen) atoms. The lowest BCUT2D eigenvalue weighted by Gasteiger charge is -2.38. The molecule has 0 aliphatic carbocycles. The number of hydrogen-bond donors (Lipinski definition) is 2. The summed E-state index contributed by atoms with van der Waals surface area (Å²) in [4.78, 5) is 11.7. The monoisotopic (exact) mass is 227 g/mol. The molecule has 0 bridgehead atoms. The van der Waals surface area contributed by atoms with Crippen molar-refractivity contribution in [3.63, 3.8) is 0 Å². The molecule has 0 aromatic carbocycles. The molecule has 7 heteroatoms. The van der Waals surface area contributed by atoms with Gasteiger partial charge in [0.05, 0.1) is 6.54 Å². The van der Waals surface area contributed by atoms with E-state index in [1.165, 1.54) is 4.90 Å². The number of aliphatic carboxylic acids is 1. The zero-order valence-corrected chi connectivity index (χ0v) is 7.92. The molecule has 1 aliphatic heterocycles. The third-order valence-corrected chi connectivity index (χ3v) is 2.57. The van der Waals surface area contributed by atoms with E-state index in [0.717, 1.165) is 0 Å². The molecule has 0 spiro atoms. The third kappa shape index (κ3) is 2.82. The lowest BCUT2D eigenvalue weighted by Crippen LogP contribution is -2.53. The molecule has 88 valence electrons. The first-order valence-electron chi connectivity index (χ1n) is 4.48. The van der Waals surface area contributed by atoms with Crippen molar-refractivity contribution in [3.05, 3.63) is 0 Å². The Morgan fingerprint density at radius 2 is 1.80 bits per heavy atom. The van der Waals surface area contributed by atoms with Crippen molar-refractivity contribution >= 4 is 5.97 Å². The molecule has 1 heterocycles. The molecule has 0 aromatic rings. The summed E-state index contributed by atoms with van der Waals surface area (Å²) in [5.74, 6) is -1.08. The molecule has 1 rings (SSSR count). The Hall–Kier alpha value is -0.820. The Kier molecular flexibility index (Phi) is 3.25. The van der Waals surface area contributed by atoms with E-state index < -0.39 is 30.6 Å². The first kappa shape index (κ1) is 12.3. The Morgan fingerprint density at radius 3 is 2.13 bits per heavy atom. The first-order valence-corrected chi connectivity index (χ1v) is 4.48. The number of carboxylic acids is 1. The van der Waals surface area contributed by atoms with Crippen molar-refractivity contribution in [1.29, 1.82) is 0 Å². The fourth-order valence-corrected chi connectivity index (χ4v) is 1.56. The fourth-order valence-electron chi connectivity index (χ4n) is 1.56. The van der Waals surface area contributed by atoms with Gasteiger partial charge in [0.25, 0.3) is 0 Å². The number of nitrogens with zero attached hydrogens (tertiary/aromatic N) is 1. The van der Waals surface area contributed by atoms with Gasteiger partial charge in [-0.25, -0.2) is 0 Å². The summed E-state index contributed by atoms with van der Waals surface area (Å²) in [5.41, 5.74) is -2.65. The van der Waals surface area contributed by atoms with Crippen molar-refractivity contribution < 1.29 is 28.2 Å². The number of halogens is 3. The van der Waals surface area contributed by atoms with Crippen molar-refractivity contribution in [2.45, 2.75) is 24.6 Å². The average molecular weight is 227 g/mol. The smallest absolute Gasteiger partial charge is 0.417 e. The van der Waals surface area contributed by atoms with Gasteiger partial charge in [-0.05, 0) is 12.8 Å². The van der Waals surface area contributed by atoms with Crippen molar-refractivity contribution in [3.8, 4) is 0 Å². The Balaban J connectivity index is 2.52. The average Bonchev–Trinajstić information content (AvgIpc) is 2.06. The molecule has 0 saturated carbocycles. The minimum absolute atomic E-state index is 0.0533. The van der Waals surface area contributed by atoms with Gasteiger partial charge in [-0.1, -0.05) is 0 Å². The topological polar surface area (TPSA) is 60.8 Å². The number of rotatable bonds is 2. The Labute approximate surface area is 84.3 Å². The van der Waals surface area contributed by atoms with Gasteiger partial charge in [-0.2, -0.15) is 13.2 Å². The zero-order chi connectivity index (χ0) is 11.7. The molecular weight excluding hydrogens is 215 g/mol. The predicted octanol–water partition coefficient (Wildman–Crippen LogP) is 0.460. The van der Waals surface area contributed by atoms with E-state index >= 15 is 0 Å². The van der Waals surface area contributed by atoms with Gasteiger partial charge in [0, 0.05) is 13.1 Å². The fraction of sp³-hybridized carbons (Fsp3) is 0.875. The number of alkyl halides is 3. The molecule has 0 unspecified atom stereocenters. The number of aliphatic hydroxyl groups is 1. The SMILES string of the molecule is O=C(O)CN1CCC(O)(C(F)(F)F)CC1. The molecule has 1 aliphatic rings. The quantitative estimate of drug-likeness (QED) is 0.719. The van der Waals surface area contributed by atoms with Crippen LogP contribution in [0, 0.1) is 0 Å². The highest BCUT2D eigenvalue weighted by atomic mass is 19.4. The van der Waals surface area contributed by atoms with Gasteiger partial charge in [0.1, 0.15) is 0 Å². The summed E-state index contributed by atoms with van der Waals surface area (Å²) < 4.78 is 37.0. The van der Waals surface area contributed by atoms with Crippen LogP contribution in [0.4, 0.5) is 13.2 Å². The van der Waals surface area contributed by atoms with E-state index in [4.69, 9.17) is 5.11 Å². The lowest BCUT2D eigenvalue weighted by molar-refractivity contribution is -0.272. The highest BCUT2D eigenvalue weighted by Crippen LogP contribution is 2.38. The maximum Gasteiger partial charge on any atom is 0.417 e. The second-order valence-corrected chi connectivity index (χ2v) is 3.70. The van der Waals surface area contributed by atoms with E-state index in [0.29, 0.717) is 0 Å². The largest absolute Gasteiger partial charge is 0.480 e. The molecular formula is C8H12F3NO3. The zero-order valence-electron chi connectivity index (χ0n) is 7.92. The molecule has 0 atom stereocenters. The van der Waals surface area contributed by atoms with E-state index in [1.807, 2.05) is 0 Å². The summed E-state index contributed by atoms with van der Waals surface area (Å²) in [5, 5.41) is 17.7. The van der Waals surface area contributed by atoms with Gasteiger partial charge in [-0.15, -0.1) is 0 Å². The Morgan fingerprint density at radius 1 is 1.33 bits per heavy atom. The third-order valence-electron chi connectivity index (χ3n) is 2.57. The van der Waals surface area contributed by atoms with Crippen molar-refractivity contribution in [2.75, 3.05) is 19.6 Å². The number of piperidine rings is 1. The maximum atomic E-state index is 12.3. The molecule has 2 N–H and O–H groups in total. The normalized spacial score (nSPS) is 22.7. The van der Waals surface area contributed by atoms with Crippen LogP contribution < -0.4 is 0 Å². The molecule has 1 saturated heterocycles. The summed E-state index contributed by atoms with van der Waals surface area (Å²) in [6.07, 6.45) is -5.57. The van der Waals surface area contributed by atoms with Crippen LogP contribution >= 0.6 is 0 Å². The number of carbonyl (C=O) groups is 1. The van der Waals surface area contributed by atoms with Crippen LogP contribution in [0.2, 0.25) is 0 Å². The highest BCUT2D eigenvalue weighted by Gasteiger charge is 2.54. The summed E-state index contributed by atoms with van der Waals surface area (Å²) in [6.45, 7) is -0.390. The molecule has 0 amide bonds. The van der Waals surface area contributed by atoms with E-state index in [1.54, 1.807) is 0 Å². The van der Waals surface area contributed by atoms with Gasteiger partial charge >= 0.3 is 12.1 Å². The minimum Gasteiger partial charge on any atom is -0.480 e. The summed E-state index contributed by atoms with van der Waals surface area (Å²) in [6, 6.07) is 0. The number of likely N-dealkylation sites (tertiary alicyclic amines) is 1. The van der Waals surface area contributed by atoms with Gasteiger partial charge in [-0.3, -0.25) is 9.69 Å². The summed E-state index contributed by atoms with van der Waals surface area (Å²) >= 11 is 0. The molecule has 0 radical (unpaired) electrons. The van der Waals surface area contributed by atoms with E-state index in [9.17, 15) is 23.1 Å². The maximum absolute atomic E-state index is 12.3. The van der Waals surface area contributed by atoms with Crippen LogP contribution in [0.5, 0.6) is 0 Å². The van der Waals surface area contributed by atoms with Crippen LogP contribution in [0.15, 0.2) is 0 Å². The summed E-state index contributed by atoms with van der Waals surface area (Å²) in [7, 11) is 0. The van der Waals surface area contributed by atoms with Crippen LogP contribution in [-0.2, 0) is 4.79 Å². The van der Waals surface area contributed by atoms with Crippen LogP contribution in [0.1, 0.15) is 12.8 Å². The second kappa shape index (κ2) is 3.97. The predicted molar refractivity (Wildman–Crippen MR) is 44.3 cm³/mol. The van der Waals surface area contributed by atoms with Gasteiger partial charge in [0.15, 0.2) is 5.60 Å². The van der Waals surface area contributed by atoms with Crippen molar-refractivity contribution in [2.24, 2.45) is 0 Å². The minimum atomic E-state index is -4.64. The van der Waals surface area contributed by atoms with Crippen molar-refractivity contribution in [1.82, 2.24) is 4.90 Å². The lowest BCUT2D eigenvalue weighted by atomic mass is 9.91. The van der Waals surface area contributed by atoms with Crippen LogP contribution in [0.25, 0.3) is 0 Å². The number of carboxylic acid groups (broad SMARTS) is 1. The number of hydrogen-bond acceptors (Lipinski definition) is 3. The van der Waals surface area contributed by atoms with Crippen LogP contribution in [0.3, 0.4) is 0 Å². The molecule has 1 fully saturated rings. The highest BCUT2D eigenvalue weighted by molar-refractivity contribution is 5.69.